The fourth-order valence-corrected chi connectivity index (χ4v) is 3.92. The van der Waals surface area contributed by atoms with Crippen molar-refractivity contribution >= 4 is 21.8 Å². The van der Waals surface area contributed by atoms with Crippen molar-refractivity contribution in [3.05, 3.63) is 40.0 Å². The number of nitrogens with one attached hydrogen (secondary N) is 1. The van der Waals surface area contributed by atoms with Crippen LogP contribution in [0.5, 0.6) is 5.75 Å². The number of carbonyl (C=O) groups is 1. The smallest absolute Gasteiger partial charge is 0.261 e. The number of nitrogens with zero attached hydrogens (tertiary/aromatic N) is 2. The zero-order chi connectivity index (χ0) is 18.7. The van der Waals surface area contributed by atoms with Crippen LogP contribution >= 0.6 is 15.9 Å². The molecule has 1 aromatic carbocycles. The van der Waals surface area contributed by atoms with Crippen molar-refractivity contribution in [3.63, 3.8) is 0 Å². The molecular formula is C19H24BrN3O3. The molecule has 0 radical (unpaired) electrons. The number of hydrogen-bond donors (Lipinski definition) is 1. The molecule has 2 aromatic rings. The highest BCUT2D eigenvalue weighted by Crippen LogP contribution is 2.36. The monoisotopic (exact) mass is 421 g/mol. The van der Waals surface area contributed by atoms with Crippen LogP contribution in [0.2, 0.25) is 0 Å². The van der Waals surface area contributed by atoms with Gasteiger partial charge in [-0.05, 0) is 60.3 Å². The molecule has 0 saturated heterocycles. The number of hydrogen-bond acceptors (Lipinski definition) is 5. The van der Waals surface area contributed by atoms with Gasteiger partial charge >= 0.3 is 0 Å². The van der Waals surface area contributed by atoms with E-state index in [-0.39, 0.29) is 5.91 Å². The van der Waals surface area contributed by atoms with Gasteiger partial charge in [0, 0.05) is 6.92 Å². The first-order valence-corrected chi connectivity index (χ1v) is 9.74. The van der Waals surface area contributed by atoms with Gasteiger partial charge in [-0.15, -0.1) is 0 Å². The van der Waals surface area contributed by atoms with E-state index in [1.54, 1.807) is 13.8 Å². The summed E-state index contributed by atoms with van der Waals surface area (Å²) in [6.07, 6.45) is 4.16. The maximum atomic E-state index is 12.8. The second-order valence-electron chi connectivity index (χ2n) is 6.96. The first-order valence-electron chi connectivity index (χ1n) is 8.95. The van der Waals surface area contributed by atoms with E-state index >= 15 is 0 Å². The predicted octanol–water partition coefficient (Wildman–Crippen LogP) is 4.19. The van der Waals surface area contributed by atoms with Crippen LogP contribution in [0.4, 0.5) is 0 Å². The molecule has 0 spiro atoms. The molecule has 1 fully saturated rings. The molecule has 0 aliphatic heterocycles. The van der Waals surface area contributed by atoms with Gasteiger partial charge in [0.2, 0.25) is 5.89 Å². The van der Waals surface area contributed by atoms with Crippen molar-refractivity contribution in [2.45, 2.75) is 64.5 Å². The van der Waals surface area contributed by atoms with E-state index in [2.05, 4.69) is 31.4 Å². The summed E-state index contributed by atoms with van der Waals surface area (Å²) in [6.45, 7) is 5.51. The summed E-state index contributed by atoms with van der Waals surface area (Å²) >= 11 is 3.48. The van der Waals surface area contributed by atoms with E-state index in [1.165, 1.54) is 0 Å². The lowest BCUT2D eigenvalue weighted by molar-refractivity contribution is -0.130. The number of benzene rings is 1. The largest absolute Gasteiger partial charge is 0.480 e. The van der Waals surface area contributed by atoms with Crippen LogP contribution in [-0.4, -0.2) is 22.2 Å². The van der Waals surface area contributed by atoms with Crippen molar-refractivity contribution in [2.75, 3.05) is 0 Å². The quantitative estimate of drug-likeness (QED) is 0.782. The molecule has 1 amide bonds. The second-order valence-corrected chi connectivity index (χ2v) is 7.82. The Balaban J connectivity index is 1.75. The number of carbonyl (C=O) groups excluding carboxylic acids is 1. The number of rotatable bonds is 5. The highest BCUT2D eigenvalue weighted by Gasteiger charge is 2.40. The molecule has 1 aromatic heterocycles. The Morgan fingerprint density at radius 2 is 2.04 bits per heavy atom. The molecule has 1 atom stereocenters. The third-order valence-corrected chi connectivity index (χ3v) is 5.41. The third kappa shape index (κ3) is 4.09. The molecule has 1 unspecified atom stereocenters. The minimum atomic E-state index is -0.638. The van der Waals surface area contributed by atoms with Gasteiger partial charge in [-0.25, -0.2) is 0 Å². The summed E-state index contributed by atoms with van der Waals surface area (Å²) in [5.74, 6) is 1.53. The van der Waals surface area contributed by atoms with Crippen LogP contribution in [0, 0.1) is 13.8 Å². The molecule has 1 aliphatic carbocycles. The van der Waals surface area contributed by atoms with Crippen LogP contribution in [0.25, 0.3) is 0 Å². The van der Waals surface area contributed by atoms with Gasteiger partial charge in [-0.3, -0.25) is 4.79 Å². The number of halogens is 1. The Kier molecular flexibility index (Phi) is 5.65. The van der Waals surface area contributed by atoms with E-state index < -0.39 is 11.6 Å². The molecule has 3 rings (SSSR count). The Labute approximate surface area is 161 Å². The summed E-state index contributed by atoms with van der Waals surface area (Å²) < 4.78 is 11.9. The van der Waals surface area contributed by atoms with Gasteiger partial charge in [0.15, 0.2) is 11.9 Å². The van der Waals surface area contributed by atoms with Gasteiger partial charge < -0.3 is 14.6 Å². The normalized spacial score (nSPS) is 17.5. The molecule has 1 heterocycles. The zero-order valence-electron chi connectivity index (χ0n) is 15.3. The van der Waals surface area contributed by atoms with E-state index in [1.807, 2.05) is 25.1 Å². The van der Waals surface area contributed by atoms with E-state index in [0.717, 1.165) is 42.1 Å². The minimum Gasteiger partial charge on any atom is -0.480 e. The van der Waals surface area contributed by atoms with Crippen molar-refractivity contribution in [3.8, 4) is 5.75 Å². The van der Waals surface area contributed by atoms with Crippen molar-refractivity contribution in [2.24, 2.45) is 0 Å². The standard InChI is InChI=1S/C19H24BrN3O3/c1-12-7-8-16(15(20)11-12)25-13(2)17(24)22-19(9-5-4-6-10-19)18-21-14(3)26-23-18/h7-8,11,13H,4-6,9-10H2,1-3H3,(H,22,24). The number of ether oxygens (including phenoxy) is 1. The summed E-state index contributed by atoms with van der Waals surface area (Å²) in [4.78, 5) is 17.2. The van der Waals surface area contributed by atoms with Crippen LogP contribution < -0.4 is 10.1 Å². The maximum absolute atomic E-state index is 12.8. The first kappa shape index (κ1) is 18.9. The average Bonchev–Trinajstić information content (AvgIpc) is 3.05. The fourth-order valence-electron chi connectivity index (χ4n) is 3.34. The van der Waals surface area contributed by atoms with Gasteiger partial charge in [0.1, 0.15) is 11.3 Å². The van der Waals surface area contributed by atoms with Crippen LogP contribution in [0.3, 0.4) is 0 Å². The Bertz CT molecular complexity index is 784. The predicted molar refractivity (Wildman–Crippen MR) is 101 cm³/mol. The first-order chi connectivity index (χ1) is 12.4. The molecule has 0 bridgehead atoms. The number of aryl methyl sites for hydroxylation is 2. The molecule has 1 aliphatic rings. The topological polar surface area (TPSA) is 77.2 Å². The maximum Gasteiger partial charge on any atom is 0.261 e. The Hall–Kier alpha value is -1.89. The summed E-state index contributed by atoms with van der Waals surface area (Å²) in [5.41, 5.74) is 0.546. The Morgan fingerprint density at radius 1 is 1.31 bits per heavy atom. The zero-order valence-corrected chi connectivity index (χ0v) is 16.9. The molecular weight excluding hydrogens is 398 g/mol. The lowest BCUT2D eigenvalue weighted by Crippen LogP contribution is -2.51. The van der Waals surface area contributed by atoms with Gasteiger partial charge in [-0.1, -0.05) is 30.5 Å². The fraction of sp³-hybridized carbons (Fsp3) is 0.526. The van der Waals surface area contributed by atoms with Crippen LogP contribution in [0.1, 0.15) is 56.3 Å². The second kappa shape index (κ2) is 7.78. The molecule has 140 valence electrons. The van der Waals surface area contributed by atoms with E-state index in [0.29, 0.717) is 17.5 Å². The summed E-state index contributed by atoms with van der Waals surface area (Å²) in [6, 6.07) is 5.78. The molecule has 26 heavy (non-hydrogen) atoms. The van der Waals surface area contributed by atoms with Crippen LogP contribution in [0.15, 0.2) is 27.2 Å². The SMILES string of the molecule is Cc1ccc(OC(C)C(=O)NC2(c3noc(C)n3)CCCCC2)c(Br)c1. The van der Waals surface area contributed by atoms with Crippen molar-refractivity contribution in [1.82, 2.24) is 15.5 Å². The highest BCUT2D eigenvalue weighted by molar-refractivity contribution is 9.10. The Morgan fingerprint density at radius 3 is 2.65 bits per heavy atom. The van der Waals surface area contributed by atoms with Crippen LogP contribution in [-0.2, 0) is 10.3 Å². The van der Waals surface area contributed by atoms with E-state index in [9.17, 15) is 4.79 Å². The van der Waals surface area contributed by atoms with Crippen molar-refractivity contribution < 1.29 is 14.1 Å². The summed E-state index contributed by atoms with van der Waals surface area (Å²) in [5, 5.41) is 7.23. The van der Waals surface area contributed by atoms with E-state index in [4.69, 9.17) is 9.26 Å². The molecule has 7 heteroatoms. The summed E-state index contributed by atoms with van der Waals surface area (Å²) in [7, 11) is 0. The molecule has 1 saturated carbocycles. The lowest BCUT2D eigenvalue weighted by atomic mass is 9.81. The van der Waals surface area contributed by atoms with Gasteiger partial charge in [0.25, 0.3) is 5.91 Å². The lowest BCUT2D eigenvalue weighted by Gasteiger charge is -2.36. The van der Waals surface area contributed by atoms with Crippen molar-refractivity contribution in [1.29, 1.82) is 0 Å². The van der Waals surface area contributed by atoms with Gasteiger partial charge in [-0.2, -0.15) is 4.98 Å². The average molecular weight is 422 g/mol. The third-order valence-electron chi connectivity index (χ3n) is 4.79. The highest BCUT2D eigenvalue weighted by atomic mass is 79.9. The molecule has 1 N–H and O–H groups in total. The minimum absolute atomic E-state index is 0.179. The number of amides is 1. The molecule has 6 nitrogen and oxygen atoms in total. The number of aromatic nitrogens is 2. The van der Waals surface area contributed by atoms with Gasteiger partial charge in [0.05, 0.1) is 4.47 Å².